The maximum absolute atomic E-state index is 10.9. The number of anilines is 2. The molecule has 1 heterocycles. The van der Waals surface area contributed by atoms with Crippen LogP contribution in [0.25, 0.3) is 0 Å². The van der Waals surface area contributed by atoms with Gasteiger partial charge in [0.2, 0.25) is 6.67 Å². The van der Waals surface area contributed by atoms with Crippen molar-refractivity contribution < 1.29 is 9.84 Å². The van der Waals surface area contributed by atoms with E-state index in [1.165, 1.54) is 57.8 Å². The van der Waals surface area contributed by atoms with E-state index in [4.69, 9.17) is 4.74 Å². The van der Waals surface area contributed by atoms with Crippen LogP contribution in [0.3, 0.4) is 0 Å². The fraction of sp³-hybridized carbons (Fsp3) is 0.720. The average Bonchev–Trinajstić information content (AvgIpc) is 3.08. The predicted molar refractivity (Wildman–Crippen MR) is 124 cm³/mol. The standard InChI is InChI=1S/C25H42N2O2/c1-6-7-8-9-10-11-12-13-14-15-18-29-23-17-16-22-24(25(23)28)27(21(4)5)19-26(22)20(2)3/h16-17,20-21,28H,6-15,18H2,1-5H3. The van der Waals surface area contributed by atoms with Crippen molar-refractivity contribution in [3.05, 3.63) is 18.8 Å². The number of hydrogen-bond donors (Lipinski definition) is 1. The summed E-state index contributed by atoms with van der Waals surface area (Å²) in [5.41, 5.74) is 1.81. The molecule has 0 spiro atoms. The molecule has 29 heavy (non-hydrogen) atoms. The number of aromatic hydroxyl groups is 1. The van der Waals surface area contributed by atoms with E-state index in [1.54, 1.807) is 0 Å². The molecule has 1 aromatic rings. The summed E-state index contributed by atoms with van der Waals surface area (Å²) in [5, 5.41) is 10.9. The largest absolute Gasteiger partial charge is 0.503 e. The van der Waals surface area contributed by atoms with E-state index >= 15 is 0 Å². The highest BCUT2D eigenvalue weighted by molar-refractivity contribution is 5.86. The zero-order valence-corrected chi connectivity index (χ0v) is 19.3. The molecular formula is C25H42N2O2. The van der Waals surface area contributed by atoms with Gasteiger partial charge in [0, 0.05) is 12.1 Å². The van der Waals surface area contributed by atoms with Crippen LogP contribution in [-0.2, 0) is 0 Å². The Bertz CT molecular complexity index is 601. The number of phenols is 1. The minimum absolute atomic E-state index is 0.223. The molecule has 4 nitrogen and oxygen atoms in total. The first-order valence-electron chi connectivity index (χ1n) is 11.8. The summed E-state index contributed by atoms with van der Waals surface area (Å²) < 4.78 is 5.93. The smallest absolute Gasteiger partial charge is 0.209 e. The van der Waals surface area contributed by atoms with Crippen LogP contribution in [0.5, 0.6) is 11.5 Å². The van der Waals surface area contributed by atoms with Gasteiger partial charge in [-0.1, -0.05) is 64.7 Å². The summed E-state index contributed by atoms with van der Waals surface area (Å²) in [6.07, 6.45) is 13.1. The Morgan fingerprint density at radius 1 is 0.828 bits per heavy atom. The quantitative estimate of drug-likeness (QED) is 0.336. The third-order valence-corrected chi connectivity index (χ3v) is 5.60. The molecule has 0 aliphatic carbocycles. The summed E-state index contributed by atoms with van der Waals surface area (Å²) in [7, 11) is 0. The normalized spacial score (nSPS) is 13.6. The summed E-state index contributed by atoms with van der Waals surface area (Å²) >= 11 is 0. The number of benzene rings is 1. The second-order valence-corrected chi connectivity index (χ2v) is 8.84. The molecule has 0 saturated heterocycles. The van der Waals surface area contributed by atoms with Gasteiger partial charge in [-0.3, -0.25) is 0 Å². The van der Waals surface area contributed by atoms with E-state index in [-0.39, 0.29) is 17.8 Å². The van der Waals surface area contributed by atoms with Crippen LogP contribution in [0.1, 0.15) is 98.8 Å². The number of ether oxygens (including phenoxy) is 1. The number of phenolic OH excluding ortho intramolecular Hbond substituents is 1. The number of unbranched alkanes of at least 4 members (excludes halogenated alkanes) is 9. The highest BCUT2D eigenvalue weighted by Crippen LogP contribution is 2.50. The first-order valence-corrected chi connectivity index (χ1v) is 11.8. The van der Waals surface area contributed by atoms with Gasteiger partial charge in [0.1, 0.15) is 5.69 Å². The Morgan fingerprint density at radius 2 is 1.38 bits per heavy atom. The highest BCUT2D eigenvalue weighted by Gasteiger charge is 2.34. The highest BCUT2D eigenvalue weighted by atomic mass is 16.5. The lowest BCUT2D eigenvalue weighted by Crippen LogP contribution is -2.33. The maximum Gasteiger partial charge on any atom is 0.209 e. The van der Waals surface area contributed by atoms with Crippen molar-refractivity contribution in [1.29, 1.82) is 0 Å². The van der Waals surface area contributed by atoms with E-state index in [0.717, 1.165) is 17.8 Å². The summed E-state index contributed by atoms with van der Waals surface area (Å²) in [6.45, 7) is 14.8. The Kier molecular flexibility index (Phi) is 9.96. The molecule has 164 valence electrons. The lowest BCUT2D eigenvalue weighted by molar-refractivity contribution is 0.289. The molecule has 0 bridgehead atoms. The monoisotopic (exact) mass is 402 g/mol. The zero-order chi connectivity index (χ0) is 21.2. The van der Waals surface area contributed by atoms with Crippen LogP contribution >= 0.6 is 0 Å². The molecule has 0 unspecified atom stereocenters. The summed E-state index contributed by atoms with van der Waals surface area (Å²) in [4.78, 5) is 4.10. The van der Waals surface area contributed by atoms with Crippen LogP contribution in [0.4, 0.5) is 11.4 Å². The van der Waals surface area contributed by atoms with Crippen LogP contribution in [0.2, 0.25) is 0 Å². The first-order chi connectivity index (χ1) is 14.0. The zero-order valence-electron chi connectivity index (χ0n) is 19.3. The number of hydrogen-bond acceptors (Lipinski definition) is 4. The van der Waals surface area contributed by atoms with Gasteiger partial charge in [0.05, 0.1) is 12.3 Å². The third-order valence-electron chi connectivity index (χ3n) is 5.60. The number of rotatable bonds is 14. The van der Waals surface area contributed by atoms with Crippen LogP contribution in [0, 0.1) is 6.67 Å². The van der Waals surface area contributed by atoms with Crippen molar-refractivity contribution in [2.45, 2.75) is 111 Å². The Labute approximate surface area is 179 Å². The van der Waals surface area contributed by atoms with Crippen LogP contribution in [0.15, 0.2) is 12.1 Å². The van der Waals surface area contributed by atoms with Gasteiger partial charge in [-0.05, 0) is 46.2 Å². The Morgan fingerprint density at radius 3 is 1.93 bits per heavy atom. The fourth-order valence-electron chi connectivity index (χ4n) is 3.86. The van der Waals surface area contributed by atoms with Gasteiger partial charge in [-0.2, -0.15) is 0 Å². The van der Waals surface area contributed by atoms with E-state index in [1.807, 2.05) is 17.0 Å². The van der Waals surface area contributed by atoms with E-state index in [9.17, 15) is 5.11 Å². The molecule has 0 aromatic heterocycles. The summed E-state index contributed by atoms with van der Waals surface area (Å²) in [5.74, 6) is 0.816. The van der Waals surface area contributed by atoms with Crippen molar-refractivity contribution in [3.63, 3.8) is 0 Å². The van der Waals surface area contributed by atoms with Crippen molar-refractivity contribution in [2.24, 2.45) is 0 Å². The second-order valence-electron chi connectivity index (χ2n) is 8.84. The summed E-state index contributed by atoms with van der Waals surface area (Å²) in [6, 6.07) is 4.44. The van der Waals surface area contributed by atoms with Crippen LogP contribution in [-0.4, -0.2) is 23.8 Å². The van der Waals surface area contributed by atoms with Crippen molar-refractivity contribution in [2.75, 3.05) is 16.4 Å². The SMILES string of the molecule is CCCCCCCCCCCCOc1ccc2c(c1O)N(C(C)C)[C]N2C(C)C. The Hall–Kier alpha value is -1.58. The molecular weight excluding hydrogens is 360 g/mol. The van der Waals surface area contributed by atoms with Gasteiger partial charge in [-0.15, -0.1) is 0 Å². The second kappa shape index (κ2) is 12.2. The molecule has 0 atom stereocenters. The fourth-order valence-corrected chi connectivity index (χ4v) is 3.86. The van der Waals surface area contributed by atoms with Crippen molar-refractivity contribution in [3.8, 4) is 11.5 Å². The van der Waals surface area contributed by atoms with Gasteiger partial charge >= 0.3 is 0 Å². The van der Waals surface area contributed by atoms with Gasteiger partial charge in [0.25, 0.3) is 0 Å². The maximum atomic E-state index is 10.9. The lowest BCUT2D eigenvalue weighted by atomic mass is 10.1. The molecule has 1 aromatic carbocycles. The van der Waals surface area contributed by atoms with E-state index < -0.39 is 0 Å². The predicted octanol–water partition coefficient (Wildman–Crippen LogP) is 7.13. The number of fused-ring (bicyclic) bond motifs is 1. The first kappa shape index (κ1) is 23.7. The molecule has 0 fully saturated rings. The van der Waals surface area contributed by atoms with E-state index in [2.05, 4.69) is 46.2 Å². The van der Waals surface area contributed by atoms with Gasteiger partial charge in [-0.25, -0.2) is 0 Å². The molecule has 1 aliphatic rings. The van der Waals surface area contributed by atoms with Gasteiger partial charge < -0.3 is 19.6 Å². The molecule has 2 radical (unpaired) electrons. The minimum Gasteiger partial charge on any atom is -0.503 e. The van der Waals surface area contributed by atoms with Crippen LogP contribution < -0.4 is 14.5 Å². The number of nitrogens with zero attached hydrogens (tertiary/aromatic N) is 2. The van der Waals surface area contributed by atoms with Gasteiger partial charge in [0.15, 0.2) is 11.5 Å². The van der Waals surface area contributed by atoms with E-state index in [0.29, 0.717) is 12.4 Å². The lowest BCUT2D eigenvalue weighted by Gasteiger charge is -2.25. The molecule has 0 amide bonds. The molecule has 0 saturated carbocycles. The topological polar surface area (TPSA) is 35.9 Å². The minimum atomic E-state index is 0.223. The molecule has 1 aliphatic heterocycles. The van der Waals surface area contributed by atoms with Crippen molar-refractivity contribution in [1.82, 2.24) is 0 Å². The average molecular weight is 403 g/mol. The molecule has 4 heteroatoms. The Balaban J connectivity index is 1.76. The van der Waals surface area contributed by atoms with Crippen molar-refractivity contribution >= 4 is 11.4 Å². The third kappa shape index (κ3) is 6.72. The molecule has 1 N–H and O–H groups in total. The molecule has 2 rings (SSSR count).